The van der Waals surface area contributed by atoms with Crippen molar-refractivity contribution in [3.8, 4) is 5.75 Å². The van der Waals surface area contributed by atoms with E-state index in [1.807, 2.05) is 25.3 Å². The van der Waals surface area contributed by atoms with E-state index in [-0.39, 0.29) is 5.97 Å². The van der Waals surface area contributed by atoms with Crippen LogP contribution in [0.3, 0.4) is 0 Å². The van der Waals surface area contributed by atoms with Gasteiger partial charge in [-0.3, -0.25) is 0 Å². The van der Waals surface area contributed by atoms with E-state index in [2.05, 4.69) is 0 Å². The Hall–Kier alpha value is -1.32. The second kappa shape index (κ2) is 4.90. The van der Waals surface area contributed by atoms with Crippen LogP contribution in [-0.4, -0.2) is 5.97 Å². The van der Waals surface area contributed by atoms with Gasteiger partial charge in [0.15, 0.2) is 0 Å². The third-order valence-corrected chi connectivity index (χ3v) is 3.79. The minimum atomic E-state index is -0.332. The Morgan fingerprint density at radius 1 is 1.29 bits per heavy atom. The van der Waals surface area contributed by atoms with Crippen molar-refractivity contribution in [3.05, 3.63) is 50.7 Å². The van der Waals surface area contributed by atoms with Gasteiger partial charge in [0.25, 0.3) is 0 Å². The summed E-state index contributed by atoms with van der Waals surface area (Å²) in [6, 6.07) is 7.09. The average molecular weight is 267 g/mol. The third kappa shape index (κ3) is 2.68. The number of hydrogen-bond donors (Lipinski definition) is 0. The first kappa shape index (κ1) is 12.1. The van der Waals surface area contributed by atoms with Crippen LogP contribution in [-0.2, 0) is 0 Å². The fourth-order valence-corrected chi connectivity index (χ4v) is 2.23. The molecule has 0 amide bonds. The molecule has 0 saturated heterocycles. The lowest BCUT2D eigenvalue weighted by Gasteiger charge is -2.07. The van der Waals surface area contributed by atoms with Gasteiger partial charge >= 0.3 is 5.97 Å². The summed E-state index contributed by atoms with van der Waals surface area (Å²) in [6.45, 7) is 3.77. The molecule has 1 aromatic carbocycles. The lowest BCUT2D eigenvalue weighted by molar-refractivity contribution is 0.0740. The number of thiophene rings is 1. The van der Waals surface area contributed by atoms with Crippen molar-refractivity contribution in [1.29, 1.82) is 0 Å². The van der Waals surface area contributed by atoms with Gasteiger partial charge in [-0.1, -0.05) is 17.7 Å². The zero-order valence-corrected chi connectivity index (χ0v) is 11.1. The fraction of sp³-hybridized carbons (Fsp3) is 0.154. The molecule has 0 bridgehead atoms. The van der Waals surface area contributed by atoms with E-state index < -0.39 is 0 Å². The van der Waals surface area contributed by atoms with Crippen LogP contribution in [0.15, 0.2) is 29.6 Å². The summed E-state index contributed by atoms with van der Waals surface area (Å²) in [7, 11) is 0. The highest BCUT2D eigenvalue weighted by molar-refractivity contribution is 7.12. The Morgan fingerprint density at radius 3 is 2.47 bits per heavy atom. The standard InChI is InChI=1S/C13H11ClO2S/c1-8-6-10(7-9(2)12(8)14)16-13(15)11-4-3-5-17-11/h3-7H,1-2H3. The summed E-state index contributed by atoms with van der Waals surface area (Å²) in [4.78, 5) is 12.3. The van der Waals surface area contributed by atoms with E-state index in [0.29, 0.717) is 15.6 Å². The second-order valence-electron chi connectivity index (χ2n) is 3.74. The maximum absolute atomic E-state index is 11.7. The van der Waals surface area contributed by atoms with Gasteiger partial charge in [-0.15, -0.1) is 11.3 Å². The van der Waals surface area contributed by atoms with Crippen molar-refractivity contribution in [2.75, 3.05) is 0 Å². The molecule has 0 spiro atoms. The Morgan fingerprint density at radius 2 is 1.94 bits per heavy atom. The molecule has 88 valence electrons. The summed E-state index contributed by atoms with van der Waals surface area (Å²) in [5.41, 5.74) is 1.81. The molecule has 0 atom stereocenters. The van der Waals surface area contributed by atoms with E-state index in [1.54, 1.807) is 18.2 Å². The molecule has 4 heteroatoms. The van der Waals surface area contributed by atoms with Gasteiger partial charge in [0.2, 0.25) is 0 Å². The van der Waals surface area contributed by atoms with Crippen LogP contribution in [0.2, 0.25) is 5.02 Å². The molecule has 2 aromatic rings. The Balaban J connectivity index is 2.22. The summed E-state index contributed by atoms with van der Waals surface area (Å²) in [6.07, 6.45) is 0. The molecule has 0 aliphatic carbocycles. The monoisotopic (exact) mass is 266 g/mol. The molecule has 0 radical (unpaired) electrons. The summed E-state index contributed by atoms with van der Waals surface area (Å²) in [5, 5.41) is 2.55. The van der Waals surface area contributed by atoms with E-state index in [9.17, 15) is 4.79 Å². The molecule has 0 aliphatic heterocycles. The van der Waals surface area contributed by atoms with Crippen LogP contribution in [0.4, 0.5) is 0 Å². The number of aryl methyl sites for hydroxylation is 2. The van der Waals surface area contributed by atoms with E-state index in [4.69, 9.17) is 16.3 Å². The second-order valence-corrected chi connectivity index (χ2v) is 5.06. The topological polar surface area (TPSA) is 26.3 Å². The van der Waals surface area contributed by atoms with Gasteiger partial charge in [0.1, 0.15) is 10.6 Å². The van der Waals surface area contributed by atoms with E-state index in [1.165, 1.54) is 11.3 Å². The van der Waals surface area contributed by atoms with Crippen molar-refractivity contribution >= 4 is 28.9 Å². The van der Waals surface area contributed by atoms with Gasteiger partial charge in [0, 0.05) is 5.02 Å². The van der Waals surface area contributed by atoms with Crippen LogP contribution in [0, 0.1) is 13.8 Å². The number of halogens is 1. The zero-order valence-electron chi connectivity index (χ0n) is 9.49. The van der Waals surface area contributed by atoms with Crippen LogP contribution in [0.25, 0.3) is 0 Å². The quantitative estimate of drug-likeness (QED) is 0.600. The van der Waals surface area contributed by atoms with Crippen molar-refractivity contribution in [3.63, 3.8) is 0 Å². The lowest BCUT2D eigenvalue weighted by atomic mass is 10.1. The highest BCUT2D eigenvalue weighted by Gasteiger charge is 2.11. The van der Waals surface area contributed by atoms with Gasteiger partial charge in [-0.2, -0.15) is 0 Å². The van der Waals surface area contributed by atoms with E-state index >= 15 is 0 Å². The Bertz CT molecular complexity index is 524. The van der Waals surface area contributed by atoms with Gasteiger partial charge < -0.3 is 4.74 Å². The first-order valence-electron chi connectivity index (χ1n) is 5.10. The van der Waals surface area contributed by atoms with Crippen molar-refractivity contribution in [2.45, 2.75) is 13.8 Å². The number of hydrogen-bond acceptors (Lipinski definition) is 3. The number of ether oxygens (including phenoxy) is 1. The molecule has 1 aromatic heterocycles. The van der Waals surface area contributed by atoms with Crippen LogP contribution < -0.4 is 4.74 Å². The number of carbonyl (C=O) groups excluding carboxylic acids is 1. The predicted molar refractivity (Wildman–Crippen MR) is 70.2 cm³/mol. The third-order valence-electron chi connectivity index (χ3n) is 2.34. The molecular weight excluding hydrogens is 256 g/mol. The summed E-state index contributed by atoms with van der Waals surface area (Å²) >= 11 is 7.41. The largest absolute Gasteiger partial charge is 0.422 e. The molecule has 0 N–H and O–H groups in total. The van der Waals surface area contributed by atoms with Gasteiger partial charge in [-0.05, 0) is 48.6 Å². The molecule has 0 saturated carbocycles. The molecule has 2 nitrogen and oxygen atoms in total. The minimum absolute atomic E-state index is 0.332. The molecule has 0 unspecified atom stereocenters. The van der Waals surface area contributed by atoms with Crippen molar-refractivity contribution in [1.82, 2.24) is 0 Å². The van der Waals surface area contributed by atoms with Crippen molar-refractivity contribution in [2.24, 2.45) is 0 Å². The molecule has 0 fully saturated rings. The Kier molecular flexibility index (Phi) is 3.50. The predicted octanol–water partition coefficient (Wildman–Crippen LogP) is 4.24. The maximum Gasteiger partial charge on any atom is 0.353 e. The maximum atomic E-state index is 11.7. The zero-order chi connectivity index (χ0) is 12.4. The highest BCUT2D eigenvalue weighted by Crippen LogP contribution is 2.26. The van der Waals surface area contributed by atoms with Gasteiger partial charge in [0.05, 0.1) is 0 Å². The first-order chi connectivity index (χ1) is 8.08. The molecule has 0 aliphatic rings. The van der Waals surface area contributed by atoms with Crippen LogP contribution >= 0.6 is 22.9 Å². The summed E-state index contributed by atoms with van der Waals surface area (Å²) in [5.74, 6) is 0.198. The first-order valence-corrected chi connectivity index (χ1v) is 6.36. The molecule has 2 rings (SSSR count). The number of esters is 1. The van der Waals surface area contributed by atoms with Crippen molar-refractivity contribution < 1.29 is 9.53 Å². The number of benzene rings is 1. The van der Waals surface area contributed by atoms with Crippen LogP contribution in [0.5, 0.6) is 5.75 Å². The highest BCUT2D eigenvalue weighted by atomic mass is 35.5. The SMILES string of the molecule is Cc1cc(OC(=O)c2cccs2)cc(C)c1Cl. The Labute approximate surface area is 109 Å². The number of carbonyl (C=O) groups is 1. The average Bonchev–Trinajstić information content (AvgIpc) is 2.79. The molecule has 1 heterocycles. The summed E-state index contributed by atoms with van der Waals surface area (Å²) < 4.78 is 5.29. The van der Waals surface area contributed by atoms with Gasteiger partial charge in [-0.25, -0.2) is 4.79 Å². The van der Waals surface area contributed by atoms with Crippen LogP contribution in [0.1, 0.15) is 20.8 Å². The smallest absolute Gasteiger partial charge is 0.353 e. The lowest BCUT2D eigenvalue weighted by Crippen LogP contribution is -2.06. The minimum Gasteiger partial charge on any atom is -0.422 e. The molecular formula is C13H11ClO2S. The van der Waals surface area contributed by atoms with E-state index in [0.717, 1.165) is 11.1 Å². The fourth-order valence-electron chi connectivity index (χ4n) is 1.52. The molecule has 17 heavy (non-hydrogen) atoms. The normalized spacial score (nSPS) is 10.3. The number of rotatable bonds is 2.